The number of carbonyl (C=O) groups excluding carboxylic acids is 1. The van der Waals surface area contributed by atoms with Crippen molar-refractivity contribution >= 4 is 12.1 Å². The molecule has 0 fully saturated rings. The summed E-state index contributed by atoms with van der Waals surface area (Å²) in [5.74, 6) is -1.73. The SMILES string of the molecule is CN(C(=O)OCc1ccccc1)C(C)(C(=O)O)c1ccc(F)cc1. The fourth-order valence-corrected chi connectivity index (χ4v) is 2.23. The summed E-state index contributed by atoms with van der Waals surface area (Å²) < 4.78 is 18.3. The Balaban J connectivity index is 2.19. The number of hydrogen-bond donors (Lipinski definition) is 1. The maximum atomic E-state index is 13.1. The normalized spacial score (nSPS) is 13.0. The van der Waals surface area contributed by atoms with Crippen molar-refractivity contribution in [2.24, 2.45) is 0 Å². The number of carbonyl (C=O) groups is 2. The number of hydrogen-bond acceptors (Lipinski definition) is 3. The molecule has 1 unspecified atom stereocenters. The van der Waals surface area contributed by atoms with Crippen LogP contribution in [0.2, 0.25) is 0 Å². The van der Waals surface area contributed by atoms with Crippen LogP contribution in [0.3, 0.4) is 0 Å². The average Bonchev–Trinajstić information content (AvgIpc) is 2.59. The number of benzene rings is 2. The molecule has 0 spiro atoms. The number of likely N-dealkylation sites (N-methyl/N-ethyl adjacent to an activating group) is 1. The molecule has 5 nitrogen and oxygen atoms in total. The van der Waals surface area contributed by atoms with Crippen LogP contribution >= 0.6 is 0 Å². The van der Waals surface area contributed by atoms with Gasteiger partial charge in [-0.15, -0.1) is 0 Å². The Kier molecular flexibility index (Phi) is 5.18. The van der Waals surface area contributed by atoms with Crippen LogP contribution in [0.4, 0.5) is 9.18 Å². The zero-order valence-corrected chi connectivity index (χ0v) is 13.4. The molecule has 2 aromatic rings. The van der Waals surface area contributed by atoms with E-state index in [1.807, 2.05) is 18.2 Å². The summed E-state index contributed by atoms with van der Waals surface area (Å²) in [6, 6.07) is 14.0. The Morgan fingerprint density at radius 2 is 1.71 bits per heavy atom. The molecule has 0 aliphatic rings. The lowest BCUT2D eigenvalue weighted by molar-refractivity contribution is -0.149. The molecule has 1 atom stereocenters. The standard InChI is InChI=1S/C18H18FNO4/c1-18(16(21)22,14-8-10-15(19)11-9-14)20(2)17(23)24-12-13-6-4-3-5-7-13/h3-11H,12H2,1-2H3,(H,21,22). The third-order valence-electron chi connectivity index (χ3n) is 3.97. The molecule has 2 aromatic carbocycles. The van der Waals surface area contributed by atoms with Gasteiger partial charge in [-0.25, -0.2) is 14.0 Å². The van der Waals surface area contributed by atoms with Crippen LogP contribution in [0.1, 0.15) is 18.1 Å². The zero-order valence-electron chi connectivity index (χ0n) is 13.4. The van der Waals surface area contributed by atoms with E-state index in [-0.39, 0.29) is 12.2 Å². The number of aliphatic carboxylic acids is 1. The van der Waals surface area contributed by atoms with Crippen molar-refractivity contribution in [3.05, 3.63) is 71.5 Å². The van der Waals surface area contributed by atoms with Crippen molar-refractivity contribution in [3.63, 3.8) is 0 Å². The number of carboxylic acid groups (broad SMARTS) is 1. The summed E-state index contributed by atoms with van der Waals surface area (Å²) in [5.41, 5.74) is -0.616. The minimum atomic E-state index is -1.68. The second-order valence-electron chi connectivity index (χ2n) is 5.48. The number of ether oxygens (including phenoxy) is 1. The molecule has 24 heavy (non-hydrogen) atoms. The molecular weight excluding hydrogens is 313 g/mol. The molecule has 0 saturated heterocycles. The fraction of sp³-hybridized carbons (Fsp3) is 0.222. The number of rotatable bonds is 5. The molecule has 126 valence electrons. The molecule has 0 aromatic heterocycles. The third kappa shape index (κ3) is 3.53. The summed E-state index contributed by atoms with van der Waals surface area (Å²) in [4.78, 5) is 25.0. The van der Waals surface area contributed by atoms with E-state index in [4.69, 9.17) is 4.74 Å². The van der Waals surface area contributed by atoms with Gasteiger partial charge in [0, 0.05) is 7.05 Å². The predicted molar refractivity (Wildman–Crippen MR) is 85.8 cm³/mol. The Morgan fingerprint density at radius 1 is 1.12 bits per heavy atom. The van der Waals surface area contributed by atoms with Gasteiger partial charge < -0.3 is 9.84 Å². The van der Waals surface area contributed by atoms with Gasteiger partial charge in [-0.05, 0) is 30.2 Å². The van der Waals surface area contributed by atoms with Gasteiger partial charge in [0.05, 0.1) is 0 Å². The van der Waals surface area contributed by atoms with Gasteiger partial charge >= 0.3 is 12.1 Å². The van der Waals surface area contributed by atoms with Crippen LogP contribution in [-0.4, -0.2) is 29.1 Å². The number of carboxylic acids is 1. The zero-order chi connectivity index (χ0) is 17.7. The van der Waals surface area contributed by atoms with E-state index in [9.17, 15) is 19.1 Å². The molecule has 2 rings (SSSR count). The molecule has 0 bridgehead atoms. The van der Waals surface area contributed by atoms with E-state index < -0.39 is 23.4 Å². The third-order valence-corrected chi connectivity index (χ3v) is 3.97. The van der Waals surface area contributed by atoms with Crippen LogP contribution in [0.15, 0.2) is 54.6 Å². The van der Waals surface area contributed by atoms with Crippen LogP contribution in [-0.2, 0) is 21.7 Å². The number of nitrogens with zero attached hydrogens (tertiary/aromatic N) is 1. The summed E-state index contributed by atoms with van der Waals surface area (Å²) in [7, 11) is 1.34. The first-order valence-electron chi connectivity index (χ1n) is 7.29. The quantitative estimate of drug-likeness (QED) is 0.912. The molecule has 1 N–H and O–H groups in total. The molecule has 1 amide bonds. The smallest absolute Gasteiger partial charge is 0.411 e. The summed E-state index contributed by atoms with van der Waals surface area (Å²) in [6.07, 6.45) is -0.784. The van der Waals surface area contributed by atoms with Crippen molar-refractivity contribution in [3.8, 4) is 0 Å². The van der Waals surface area contributed by atoms with E-state index >= 15 is 0 Å². The molecule has 0 heterocycles. The highest BCUT2D eigenvalue weighted by molar-refractivity contribution is 5.85. The number of amides is 1. The largest absolute Gasteiger partial charge is 0.479 e. The van der Waals surface area contributed by atoms with E-state index in [0.717, 1.165) is 22.6 Å². The Bertz CT molecular complexity index is 718. The minimum absolute atomic E-state index is 0.0309. The molecule has 0 saturated carbocycles. The predicted octanol–water partition coefficient (Wildman–Crippen LogP) is 3.39. The van der Waals surface area contributed by atoms with Crippen molar-refractivity contribution in [2.45, 2.75) is 19.1 Å². The molecule has 0 radical (unpaired) electrons. The van der Waals surface area contributed by atoms with Crippen molar-refractivity contribution < 1.29 is 23.8 Å². The van der Waals surface area contributed by atoms with Gasteiger partial charge in [0.1, 0.15) is 12.4 Å². The Labute approximate surface area is 139 Å². The van der Waals surface area contributed by atoms with Gasteiger partial charge in [-0.2, -0.15) is 0 Å². The minimum Gasteiger partial charge on any atom is -0.479 e. The monoisotopic (exact) mass is 331 g/mol. The van der Waals surface area contributed by atoms with Gasteiger partial charge in [0.15, 0.2) is 5.54 Å². The van der Waals surface area contributed by atoms with E-state index in [1.54, 1.807) is 12.1 Å². The van der Waals surface area contributed by atoms with Gasteiger partial charge in [-0.3, -0.25) is 4.90 Å². The van der Waals surface area contributed by atoms with Crippen LogP contribution < -0.4 is 0 Å². The summed E-state index contributed by atoms with van der Waals surface area (Å²) in [6.45, 7) is 1.40. The van der Waals surface area contributed by atoms with Crippen molar-refractivity contribution in [2.75, 3.05) is 7.05 Å². The van der Waals surface area contributed by atoms with Crippen LogP contribution in [0, 0.1) is 5.82 Å². The molecule has 6 heteroatoms. The lowest BCUT2D eigenvalue weighted by Gasteiger charge is -2.34. The summed E-state index contributed by atoms with van der Waals surface area (Å²) in [5, 5.41) is 9.62. The summed E-state index contributed by atoms with van der Waals surface area (Å²) >= 11 is 0. The lowest BCUT2D eigenvalue weighted by atomic mass is 9.91. The van der Waals surface area contributed by atoms with Crippen molar-refractivity contribution in [1.29, 1.82) is 0 Å². The van der Waals surface area contributed by atoms with Crippen LogP contribution in [0.5, 0.6) is 0 Å². The van der Waals surface area contributed by atoms with E-state index in [2.05, 4.69) is 0 Å². The Hall–Kier alpha value is -2.89. The topological polar surface area (TPSA) is 66.8 Å². The van der Waals surface area contributed by atoms with Gasteiger partial charge in [-0.1, -0.05) is 42.5 Å². The maximum absolute atomic E-state index is 13.1. The first kappa shape index (κ1) is 17.5. The highest BCUT2D eigenvalue weighted by Crippen LogP contribution is 2.28. The Morgan fingerprint density at radius 3 is 2.25 bits per heavy atom. The first-order chi connectivity index (χ1) is 11.4. The van der Waals surface area contributed by atoms with Gasteiger partial charge in [0.2, 0.25) is 0 Å². The lowest BCUT2D eigenvalue weighted by Crippen LogP contribution is -2.50. The first-order valence-corrected chi connectivity index (χ1v) is 7.29. The second kappa shape index (κ2) is 7.12. The second-order valence-corrected chi connectivity index (χ2v) is 5.48. The highest BCUT2D eigenvalue weighted by Gasteiger charge is 2.42. The highest BCUT2D eigenvalue weighted by atomic mass is 19.1. The molecule has 0 aliphatic heterocycles. The van der Waals surface area contributed by atoms with Gasteiger partial charge in [0.25, 0.3) is 0 Å². The fourth-order valence-electron chi connectivity index (χ4n) is 2.23. The van der Waals surface area contributed by atoms with E-state index in [1.165, 1.54) is 26.1 Å². The van der Waals surface area contributed by atoms with Crippen molar-refractivity contribution in [1.82, 2.24) is 4.90 Å². The van der Waals surface area contributed by atoms with Crippen LogP contribution in [0.25, 0.3) is 0 Å². The number of halogens is 1. The van der Waals surface area contributed by atoms with E-state index in [0.29, 0.717) is 0 Å². The average molecular weight is 331 g/mol. The maximum Gasteiger partial charge on any atom is 0.411 e. The molecule has 0 aliphatic carbocycles. The molecular formula is C18H18FNO4.